The molecule has 2 fully saturated rings. The van der Waals surface area contributed by atoms with Crippen LogP contribution in [0.3, 0.4) is 0 Å². The zero-order chi connectivity index (χ0) is 11.2. The van der Waals surface area contributed by atoms with E-state index in [2.05, 4.69) is 10.3 Å². The van der Waals surface area contributed by atoms with Gasteiger partial charge in [0.25, 0.3) is 0 Å². The molecule has 0 aromatic carbocycles. The lowest BCUT2D eigenvalue weighted by molar-refractivity contribution is 0.357. The third-order valence-corrected chi connectivity index (χ3v) is 5.09. The molecule has 0 bridgehead atoms. The number of sulfone groups is 1. The third-order valence-electron chi connectivity index (χ3n) is 3.32. The summed E-state index contributed by atoms with van der Waals surface area (Å²) in [5.41, 5.74) is 0.808. The van der Waals surface area contributed by atoms with Crippen LogP contribution >= 0.6 is 0 Å². The molecular formula is C10H14N2O3S. The van der Waals surface area contributed by atoms with Crippen molar-refractivity contribution in [2.75, 3.05) is 24.6 Å². The van der Waals surface area contributed by atoms with Crippen molar-refractivity contribution in [2.24, 2.45) is 0 Å². The maximum absolute atomic E-state index is 11.4. The minimum atomic E-state index is -2.84. The van der Waals surface area contributed by atoms with Crippen LogP contribution < -0.4 is 5.32 Å². The summed E-state index contributed by atoms with van der Waals surface area (Å²) in [5, 5.41) is 3.16. The predicted molar refractivity (Wildman–Crippen MR) is 58.1 cm³/mol. The first-order valence-corrected chi connectivity index (χ1v) is 7.33. The Hall–Kier alpha value is -0.880. The molecule has 1 atom stereocenters. The smallest absolute Gasteiger partial charge is 0.199 e. The molecule has 2 aliphatic rings. The van der Waals surface area contributed by atoms with Gasteiger partial charge in [0.1, 0.15) is 6.26 Å². The molecule has 2 aliphatic heterocycles. The maximum Gasteiger partial charge on any atom is 0.199 e. The van der Waals surface area contributed by atoms with Crippen molar-refractivity contribution >= 4 is 9.84 Å². The molecule has 3 heterocycles. The van der Waals surface area contributed by atoms with Crippen molar-refractivity contribution in [3.63, 3.8) is 0 Å². The number of hydrogen-bond donors (Lipinski definition) is 1. The standard InChI is InChI=1S/C10H14N2O3S/c13-16(14)2-1-7(6-16)9-5-15-10(12-9)8-3-11-4-8/h5,7-8,11H,1-4,6H2. The topological polar surface area (TPSA) is 72.2 Å². The van der Waals surface area contributed by atoms with Crippen LogP contribution in [0.5, 0.6) is 0 Å². The van der Waals surface area contributed by atoms with Gasteiger partial charge in [-0.1, -0.05) is 0 Å². The molecule has 0 radical (unpaired) electrons. The van der Waals surface area contributed by atoms with E-state index in [1.165, 1.54) is 0 Å². The fourth-order valence-electron chi connectivity index (χ4n) is 2.17. The van der Waals surface area contributed by atoms with E-state index in [0.717, 1.165) is 24.7 Å². The average Bonchev–Trinajstić information content (AvgIpc) is 2.69. The van der Waals surface area contributed by atoms with Crippen LogP contribution in [-0.2, 0) is 9.84 Å². The van der Waals surface area contributed by atoms with Gasteiger partial charge in [-0.25, -0.2) is 13.4 Å². The highest BCUT2D eigenvalue weighted by Crippen LogP contribution is 2.30. The maximum atomic E-state index is 11.4. The summed E-state index contributed by atoms with van der Waals surface area (Å²) in [7, 11) is -2.84. The lowest BCUT2D eigenvalue weighted by Gasteiger charge is -2.23. The Morgan fingerprint density at radius 1 is 1.38 bits per heavy atom. The highest BCUT2D eigenvalue weighted by molar-refractivity contribution is 7.91. The molecule has 3 rings (SSSR count). The van der Waals surface area contributed by atoms with E-state index < -0.39 is 9.84 Å². The van der Waals surface area contributed by atoms with E-state index in [1.54, 1.807) is 6.26 Å². The monoisotopic (exact) mass is 242 g/mol. The second-order valence-corrected chi connectivity index (χ2v) is 6.79. The zero-order valence-electron chi connectivity index (χ0n) is 8.85. The van der Waals surface area contributed by atoms with E-state index >= 15 is 0 Å². The molecule has 6 heteroatoms. The van der Waals surface area contributed by atoms with Gasteiger partial charge in [0.15, 0.2) is 15.7 Å². The molecule has 1 aromatic rings. The fraction of sp³-hybridized carbons (Fsp3) is 0.700. The summed E-state index contributed by atoms with van der Waals surface area (Å²) in [6.45, 7) is 1.81. The highest BCUT2D eigenvalue weighted by Gasteiger charge is 2.32. The highest BCUT2D eigenvalue weighted by atomic mass is 32.2. The van der Waals surface area contributed by atoms with Crippen LogP contribution in [0.2, 0.25) is 0 Å². The summed E-state index contributed by atoms with van der Waals surface area (Å²) < 4.78 is 28.1. The SMILES string of the molecule is O=S1(=O)CCC(c2coc(C3CNC3)n2)C1. The summed E-state index contributed by atoms with van der Waals surface area (Å²) in [5.74, 6) is 1.66. The Kier molecular flexibility index (Phi) is 2.29. The Balaban J connectivity index is 1.77. The van der Waals surface area contributed by atoms with Crippen molar-refractivity contribution in [3.05, 3.63) is 17.8 Å². The van der Waals surface area contributed by atoms with Gasteiger partial charge < -0.3 is 9.73 Å². The Bertz CT molecular complexity index is 490. The van der Waals surface area contributed by atoms with Gasteiger partial charge in [0.2, 0.25) is 0 Å². The Morgan fingerprint density at radius 3 is 2.75 bits per heavy atom. The molecule has 0 saturated carbocycles. The largest absolute Gasteiger partial charge is 0.448 e. The predicted octanol–water partition coefficient (Wildman–Crippen LogP) is 0.264. The summed E-state index contributed by atoms with van der Waals surface area (Å²) >= 11 is 0. The van der Waals surface area contributed by atoms with Gasteiger partial charge in [0, 0.05) is 19.0 Å². The second-order valence-electron chi connectivity index (χ2n) is 4.57. The number of nitrogens with zero attached hydrogens (tertiary/aromatic N) is 1. The first-order valence-electron chi connectivity index (χ1n) is 5.50. The molecule has 1 aromatic heterocycles. The van der Waals surface area contributed by atoms with Crippen LogP contribution in [0.15, 0.2) is 10.7 Å². The first kappa shape index (κ1) is 10.3. The van der Waals surface area contributed by atoms with Gasteiger partial charge in [-0.15, -0.1) is 0 Å². The van der Waals surface area contributed by atoms with Gasteiger partial charge in [-0.05, 0) is 6.42 Å². The van der Waals surface area contributed by atoms with Crippen LogP contribution in [-0.4, -0.2) is 38.0 Å². The molecule has 88 valence electrons. The van der Waals surface area contributed by atoms with Crippen molar-refractivity contribution < 1.29 is 12.8 Å². The molecule has 0 spiro atoms. The first-order chi connectivity index (χ1) is 7.64. The zero-order valence-corrected chi connectivity index (χ0v) is 9.66. The van der Waals surface area contributed by atoms with Crippen molar-refractivity contribution in [1.29, 1.82) is 0 Å². The Morgan fingerprint density at radius 2 is 2.19 bits per heavy atom. The minimum Gasteiger partial charge on any atom is -0.448 e. The summed E-state index contributed by atoms with van der Waals surface area (Å²) in [6.07, 6.45) is 2.30. The van der Waals surface area contributed by atoms with E-state index in [9.17, 15) is 8.42 Å². The van der Waals surface area contributed by atoms with Crippen LogP contribution in [0.4, 0.5) is 0 Å². The number of nitrogens with one attached hydrogen (secondary N) is 1. The molecule has 2 saturated heterocycles. The molecule has 1 unspecified atom stereocenters. The van der Waals surface area contributed by atoms with Gasteiger partial charge in [-0.2, -0.15) is 0 Å². The van der Waals surface area contributed by atoms with Crippen molar-refractivity contribution in [3.8, 4) is 0 Å². The lowest BCUT2D eigenvalue weighted by atomic mass is 10.0. The fourth-order valence-corrected chi connectivity index (χ4v) is 3.93. The quantitative estimate of drug-likeness (QED) is 0.805. The summed E-state index contributed by atoms with van der Waals surface area (Å²) in [4.78, 5) is 4.41. The minimum absolute atomic E-state index is 0.0375. The van der Waals surface area contributed by atoms with Crippen LogP contribution in [0.25, 0.3) is 0 Å². The number of aromatic nitrogens is 1. The molecule has 0 aliphatic carbocycles. The van der Waals surface area contributed by atoms with E-state index in [4.69, 9.17) is 4.42 Å². The molecule has 1 N–H and O–H groups in total. The van der Waals surface area contributed by atoms with E-state index in [1.807, 2.05) is 0 Å². The molecule has 0 amide bonds. The average molecular weight is 242 g/mol. The second kappa shape index (κ2) is 3.56. The summed E-state index contributed by atoms with van der Waals surface area (Å²) in [6, 6.07) is 0. The lowest BCUT2D eigenvalue weighted by Crippen LogP contribution is -2.40. The van der Waals surface area contributed by atoms with Gasteiger partial charge >= 0.3 is 0 Å². The molecule has 5 nitrogen and oxygen atoms in total. The van der Waals surface area contributed by atoms with Crippen LogP contribution in [0, 0.1) is 0 Å². The normalized spacial score (nSPS) is 29.1. The van der Waals surface area contributed by atoms with Crippen molar-refractivity contribution in [1.82, 2.24) is 10.3 Å². The number of hydrogen-bond acceptors (Lipinski definition) is 5. The Labute approximate surface area is 94.2 Å². The number of oxazole rings is 1. The van der Waals surface area contributed by atoms with Gasteiger partial charge in [0.05, 0.1) is 23.1 Å². The van der Waals surface area contributed by atoms with E-state index in [0.29, 0.717) is 12.3 Å². The number of rotatable bonds is 2. The third kappa shape index (κ3) is 1.76. The molecule has 16 heavy (non-hydrogen) atoms. The van der Waals surface area contributed by atoms with Crippen molar-refractivity contribution in [2.45, 2.75) is 18.3 Å². The van der Waals surface area contributed by atoms with E-state index in [-0.39, 0.29) is 17.4 Å². The van der Waals surface area contributed by atoms with Gasteiger partial charge in [-0.3, -0.25) is 0 Å². The molecular weight excluding hydrogens is 228 g/mol. The van der Waals surface area contributed by atoms with Crippen LogP contribution in [0.1, 0.15) is 29.8 Å².